The number of rotatable bonds is 3. The summed E-state index contributed by atoms with van der Waals surface area (Å²) >= 11 is 0. The molecule has 0 aliphatic heterocycles. The van der Waals surface area contributed by atoms with E-state index in [1.165, 1.54) is 17.2 Å². The molecule has 10 heavy (non-hydrogen) atoms. The van der Waals surface area contributed by atoms with Gasteiger partial charge in [-0.05, 0) is 6.20 Å². The highest BCUT2D eigenvalue weighted by atomic mass is 16.2. The zero-order chi connectivity index (χ0) is 7.98. The molecule has 0 unspecified atom stereocenters. The Labute approximate surface area is 61.1 Å². The van der Waals surface area contributed by atoms with Crippen molar-refractivity contribution in [1.29, 1.82) is 0 Å². The number of carbonyl (C=O) groups excluding carboxylic acids is 1. The van der Waals surface area contributed by atoms with Gasteiger partial charge in [-0.3, -0.25) is 4.79 Å². The molecule has 0 saturated heterocycles. The van der Waals surface area contributed by atoms with E-state index in [1.54, 1.807) is 19.2 Å². The first-order chi connectivity index (χ1) is 4.72. The number of hydrogen-bond acceptors (Lipinski definition) is 1. The van der Waals surface area contributed by atoms with E-state index in [0.717, 1.165) is 0 Å². The highest BCUT2D eigenvalue weighted by molar-refractivity contribution is 5.88. The normalized spacial score (nSPS) is 9.30. The Hall–Kier alpha value is -1.31. The van der Waals surface area contributed by atoms with E-state index in [2.05, 4.69) is 13.2 Å². The molecule has 0 spiro atoms. The number of nitrogens with zero attached hydrogens (tertiary/aromatic N) is 1. The van der Waals surface area contributed by atoms with Crippen LogP contribution in [0, 0.1) is 0 Å². The first-order valence-electron chi connectivity index (χ1n) is 2.90. The van der Waals surface area contributed by atoms with Crippen molar-refractivity contribution < 1.29 is 4.79 Å². The van der Waals surface area contributed by atoms with E-state index in [-0.39, 0.29) is 5.91 Å². The third kappa shape index (κ3) is 2.87. The van der Waals surface area contributed by atoms with Gasteiger partial charge in [0.25, 0.3) is 0 Å². The third-order valence-electron chi connectivity index (χ3n) is 0.996. The molecule has 0 saturated carbocycles. The number of amides is 1. The van der Waals surface area contributed by atoms with Gasteiger partial charge in [-0.2, -0.15) is 0 Å². The number of hydrogen-bond donors (Lipinski definition) is 0. The van der Waals surface area contributed by atoms with E-state index < -0.39 is 0 Å². The lowest BCUT2D eigenvalue weighted by molar-refractivity contribution is -0.122. The molecule has 0 fully saturated rings. The van der Waals surface area contributed by atoms with Crippen LogP contribution in [0.15, 0.2) is 37.6 Å². The van der Waals surface area contributed by atoms with Gasteiger partial charge in [-0.25, -0.2) is 0 Å². The molecule has 1 amide bonds. The van der Waals surface area contributed by atoms with Crippen molar-refractivity contribution in [3.05, 3.63) is 37.6 Å². The van der Waals surface area contributed by atoms with Crippen LogP contribution in [0.3, 0.4) is 0 Å². The average Bonchev–Trinajstić information content (AvgIpc) is 1.98. The Balaban J connectivity index is 3.95. The van der Waals surface area contributed by atoms with Gasteiger partial charge in [-0.1, -0.05) is 25.3 Å². The quantitative estimate of drug-likeness (QED) is 0.424. The van der Waals surface area contributed by atoms with E-state index in [1.807, 2.05) is 0 Å². The molecule has 0 bridgehead atoms. The number of carbonyl (C=O) groups is 1. The van der Waals surface area contributed by atoms with Crippen LogP contribution in [0.25, 0.3) is 0 Å². The van der Waals surface area contributed by atoms with Gasteiger partial charge in [0.05, 0.1) is 0 Å². The third-order valence-corrected chi connectivity index (χ3v) is 0.996. The van der Waals surface area contributed by atoms with Crippen molar-refractivity contribution in [2.75, 3.05) is 7.05 Å². The molecule has 0 aromatic heterocycles. The summed E-state index contributed by atoms with van der Waals surface area (Å²) in [6.07, 6.45) is 6.02. The topological polar surface area (TPSA) is 20.3 Å². The lowest BCUT2D eigenvalue weighted by Gasteiger charge is -2.05. The Morgan fingerprint density at radius 2 is 2.10 bits per heavy atom. The van der Waals surface area contributed by atoms with Crippen molar-refractivity contribution in [3.63, 3.8) is 0 Å². The minimum Gasteiger partial charge on any atom is -0.319 e. The van der Waals surface area contributed by atoms with Crippen LogP contribution in [-0.4, -0.2) is 17.9 Å². The molecule has 0 heterocycles. The largest absolute Gasteiger partial charge is 0.319 e. The van der Waals surface area contributed by atoms with Gasteiger partial charge in [0, 0.05) is 13.1 Å². The van der Waals surface area contributed by atoms with Crippen molar-refractivity contribution in [3.8, 4) is 0 Å². The fourth-order valence-corrected chi connectivity index (χ4v) is 0.358. The zero-order valence-corrected chi connectivity index (χ0v) is 6.08. The van der Waals surface area contributed by atoms with Gasteiger partial charge < -0.3 is 4.90 Å². The lowest BCUT2D eigenvalue weighted by atomic mass is 10.4. The first-order valence-corrected chi connectivity index (χ1v) is 2.90. The maximum atomic E-state index is 10.9. The maximum absolute atomic E-state index is 10.9. The lowest BCUT2D eigenvalue weighted by Crippen LogP contribution is -2.17. The second-order valence-electron chi connectivity index (χ2n) is 1.73. The molecule has 0 atom stereocenters. The molecule has 0 aromatic rings. The number of allylic oxidation sites excluding steroid dienone is 2. The molecule has 0 N–H and O–H groups in total. The van der Waals surface area contributed by atoms with Crippen LogP contribution < -0.4 is 0 Å². The second-order valence-corrected chi connectivity index (χ2v) is 1.73. The fourth-order valence-electron chi connectivity index (χ4n) is 0.358. The zero-order valence-electron chi connectivity index (χ0n) is 6.08. The molecule has 0 aromatic carbocycles. The van der Waals surface area contributed by atoms with Gasteiger partial charge in [0.15, 0.2) is 0 Å². The summed E-state index contributed by atoms with van der Waals surface area (Å²) in [6.45, 7) is 6.87. The summed E-state index contributed by atoms with van der Waals surface area (Å²) in [4.78, 5) is 12.2. The van der Waals surface area contributed by atoms with Crippen LogP contribution in [0.5, 0.6) is 0 Å². The van der Waals surface area contributed by atoms with Crippen molar-refractivity contribution in [2.24, 2.45) is 0 Å². The highest BCUT2D eigenvalue weighted by Gasteiger charge is 1.96. The van der Waals surface area contributed by atoms with Gasteiger partial charge in [0.2, 0.25) is 5.91 Å². The summed E-state index contributed by atoms with van der Waals surface area (Å²) < 4.78 is 0. The van der Waals surface area contributed by atoms with Gasteiger partial charge >= 0.3 is 0 Å². The van der Waals surface area contributed by atoms with E-state index >= 15 is 0 Å². The smallest absolute Gasteiger partial charge is 0.250 e. The monoisotopic (exact) mass is 137 g/mol. The van der Waals surface area contributed by atoms with Crippen LogP contribution in [0.4, 0.5) is 0 Å². The predicted octanol–water partition coefficient (Wildman–Crippen LogP) is 1.33. The summed E-state index contributed by atoms with van der Waals surface area (Å²) in [6, 6.07) is 0. The minimum atomic E-state index is -0.102. The second kappa shape index (κ2) is 4.56. The molecule has 0 rings (SSSR count). The number of likely N-dealkylation sites (N-methyl/N-ethyl adjacent to an activating group) is 1. The molecular formula is C8H11NO. The Bertz CT molecular complexity index is 170. The molecule has 0 aliphatic carbocycles. The molecule has 54 valence electrons. The summed E-state index contributed by atoms with van der Waals surface area (Å²) in [5.74, 6) is -0.102. The molecule has 0 radical (unpaired) electrons. The summed E-state index contributed by atoms with van der Waals surface area (Å²) in [7, 11) is 1.64. The van der Waals surface area contributed by atoms with Crippen molar-refractivity contribution >= 4 is 5.91 Å². The maximum Gasteiger partial charge on any atom is 0.250 e. The van der Waals surface area contributed by atoms with E-state index in [4.69, 9.17) is 0 Å². The Morgan fingerprint density at radius 3 is 2.50 bits per heavy atom. The Morgan fingerprint density at radius 1 is 1.50 bits per heavy atom. The average molecular weight is 137 g/mol. The predicted molar refractivity (Wildman–Crippen MR) is 42.3 cm³/mol. The van der Waals surface area contributed by atoms with Crippen LogP contribution in [0.2, 0.25) is 0 Å². The van der Waals surface area contributed by atoms with Gasteiger partial charge in [-0.15, -0.1) is 0 Å². The highest BCUT2D eigenvalue weighted by Crippen LogP contribution is 1.85. The van der Waals surface area contributed by atoms with Crippen LogP contribution in [0.1, 0.15) is 0 Å². The van der Waals surface area contributed by atoms with Crippen LogP contribution in [-0.2, 0) is 4.79 Å². The van der Waals surface area contributed by atoms with Crippen molar-refractivity contribution in [2.45, 2.75) is 0 Å². The molecule has 2 nitrogen and oxygen atoms in total. The fraction of sp³-hybridized carbons (Fsp3) is 0.125. The summed E-state index contributed by atoms with van der Waals surface area (Å²) in [5.41, 5.74) is 0. The van der Waals surface area contributed by atoms with Crippen LogP contribution >= 0.6 is 0 Å². The summed E-state index contributed by atoms with van der Waals surface area (Å²) in [5, 5.41) is 0. The minimum absolute atomic E-state index is 0.102. The van der Waals surface area contributed by atoms with E-state index in [9.17, 15) is 4.79 Å². The molecule has 2 heteroatoms. The van der Waals surface area contributed by atoms with E-state index in [0.29, 0.717) is 0 Å². The molecular weight excluding hydrogens is 126 g/mol. The molecule has 0 aliphatic rings. The first kappa shape index (κ1) is 8.69. The van der Waals surface area contributed by atoms with Crippen molar-refractivity contribution in [1.82, 2.24) is 4.90 Å². The Kier molecular flexibility index (Phi) is 3.96. The standard InChI is InChI=1S/C8H11NO/c1-4-6-7-8(10)9(3)5-2/h4-7H,1-2H2,3H3/b7-6-. The SMILES string of the molecule is C=C/C=C\C(=O)N(C)C=C. The van der Waals surface area contributed by atoms with Gasteiger partial charge in [0.1, 0.15) is 0 Å².